The molecule has 6 heteroatoms. The number of nitrogens with one attached hydrogen (secondary N) is 2. The fraction of sp³-hybridized carbons (Fsp3) is 0.381. The number of ether oxygens (including phenoxy) is 1. The highest BCUT2D eigenvalue weighted by Gasteiger charge is 2.28. The maximum Gasteiger partial charge on any atom is 0.241 e. The monoisotopic (exact) mass is 374 g/mol. The Kier molecular flexibility index (Phi) is 6.76. The number of unbranched alkanes of at least 4 members (excludes halogenated alkanes) is 1. The van der Waals surface area contributed by atoms with Crippen LogP contribution in [0.2, 0.25) is 0 Å². The molecule has 144 valence electrons. The van der Waals surface area contributed by atoms with Gasteiger partial charge in [-0.1, -0.05) is 12.1 Å². The third-order valence-electron chi connectivity index (χ3n) is 4.39. The summed E-state index contributed by atoms with van der Waals surface area (Å²) in [6.45, 7) is 1.15. The molecule has 2 aromatic rings. The molecule has 0 heterocycles. The first-order chi connectivity index (χ1) is 13.1. The fourth-order valence-electron chi connectivity index (χ4n) is 2.72. The van der Waals surface area contributed by atoms with Crippen molar-refractivity contribution in [2.75, 3.05) is 13.2 Å². The molecule has 4 nitrogen and oxygen atoms in total. The van der Waals surface area contributed by atoms with Crippen molar-refractivity contribution in [1.29, 1.82) is 0 Å². The molecule has 0 spiro atoms. The molecule has 1 aliphatic rings. The van der Waals surface area contributed by atoms with Gasteiger partial charge in [-0.25, -0.2) is 8.78 Å². The molecule has 1 atom stereocenters. The highest BCUT2D eigenvalue weighted by Crippen LogP contribution is 2.21. The Balaban J connectivity index is 1.43. The largest absolute Gasteiger partial charge is 0.494 e. The van der Waals surface area contributed by atoms with Gasteiger partial charge in [0.1, 0.15) is 23.4 Å². The van der Waals surface area contributed by atoms with Gasteiger partial charge in [0.25, 0.3) is 0 Å². The third-order valence-corrected chi connectivity index (χ3v) is 4.39. The maximum absolute atomic E-state index is 13.2. The van der Waals surface area contributed by atoms with Gasteiger partial charge in [0.2, 0.25) is 5.91 Å². The van der Waals surface area contributed by atoms with Gasteiger partial charge in [0.05, 0.1) is 6.61 Å². The van der Waals surface area contributed by atoms with E-state index in [1.807, 2.05) is 0 Å². The molecule has 1 amide bonds. The number of carbonyl (C=O) groups is 1. The number of hydrogen-bond acceptors (Lipinski definition) is 3. The number of halogens is 2. The Morgan fingerprint density at radius 3 is 2.26 bits per heavy atom. The Labute approximate surface area is 157 Å². The van der Waals surface area contributed by atoms with Crippen LogP contribution in [0.25, 0.3) is 0 Å². The molecule has 0 bridgehead atoms. The van der Waals surface area contributed by atoms with Crippen LogP contribution >= 0.6 is 0 Å². The summed E-state index contributed by atoms with van der Waals surface area (Å²) in [5.74, 6) is -0.0510. The van der Waals surface area contributed by atoms with Gasteiger partial charge in [-0.15, -0.1) is 0 Å². The first-order valence-electron chi connectivity index (χ1n) is 9.29. The lowest BCUT2D eigenvalue weighted by Crippen LogP contribution is -2.39. The average Bonchev–Trinajstić information content (AvgIpc) is 3.47. The van der Waals surface area contributed by atoms with E-state index in [1.165, 1.54) is 24.3 Å². The van der Waals surface area contributed by atoms with Crippen LogP contribution in [0.5, 0.6) is 5.75 Å². The van der Waals surface area contributed by atoms with Gasteiger partial charge < -0.3 is 15.4 Å². The van der Waals surface area contributed by atoms with E-state index in [9.17, 15) is 13.6 Å². The fourth-order valence-corrected chi connectivity index (χ4v) is 2.72. The molecule has 0 unspecified atom stereocenters. The quantitative estimate of drug-likeness (QED) is 0.623. The van der Waals surface area contributed by atoms with E-state index in [0.29, 0.717) is 18.9 Å². The lowest BCUT2D eigenvalue weighted by Gasteiger charge is -2.19. The number of rotatable bonds is 10. The second kappa shape index (κ2) is 9.46. The van der Waals surface area contributed by atoms with Gasteiger partial charge >= 0.3 is 0 Å². The summed E-state index contributed by atoms with van der Waals surface area (Å²) in [7, 11) is 0. The van der Waals surface area contributed by atoms with Gasteiger partial charge in [-0.2, -0.15) is 0 Å². The normalized spacial score (nSPS) is 14.6. The summed E-state index contributed by atoms with van der Waals surface area (Å²) in [4.78, 5) is 12.5. The van der Waals surface area contributed by atoms with E-state index in [4.69, 9.17) is 4.74 Å². The Morgan fingerprint density at radius 1 is 1.00 bits per heavy atom. The minimum atomic E-state index is -0.496. The van der Waals surface area contributed by atoms with E-state index < -0.39 is 6.04 Å². The maximum atomic E-state index is 13.2. The number of amides is 1. The van der Waals surface area contributed by atoms with Crippen LogP contribution in [0.15, 0.2) is 48.5 Å². The van der Waals surface area contributed by atoms with Crippen LogP contribution in [-0.2, 0) is 4.79 Å². The number of hydrogen-bond donors (Lipinski definition) is 2. The Morgan fingerprint density at radius 2 is 1.63 bits per heavy atom. The molecule has 0 saturated heterocycles. The van der Waals surface area contributed by atoms with Crippen molar-refractivity contribution in [3.05, 3.63) is 65.7 Å². The molecule has 1 aliphatic carbocycles. The van der Waals surface area contributed by atoms with E-state index in [-0.39, 0.29) is 23.6 Å². The minimum absolute atomic E-state index is 0.0772. The molecule has 2 N–H and O–H groups in total. The molecule has 27 heavy (non-hydrogen) atoms. The molecule has 1 saturated carbocycles. The highest BCUT2D eigenvalue weighted by atomic mass is 19.1. The molecule has 3 rings (SSSR count). The number of carbonyl (C=O) groups excluding carboxylic acids is 1. The Hall–Kier alpha value is -2.47. The molecular weight excluding hydrogens is 350 g/mol. The second-order valence-corrected chi connectivity index (χ2v) is 6.73. The molecule has 0 aliphatic heterocycles. The van der Waals surface area contributed by atoms with Crippen LogP contribution in [0.4, 0.5) is 8.78 Å². The number of benzene rings is 2. The van der Waals surface area contributed by atoms with Crippen LogP contribution in [0.3, 0.4) is 0 Å². The molecule has 0 aromatic heterocycles. The minimum Gasteiger partial charge on any atom is -0.494 e. The summed E-state index contributed by atoms with van der Waals surface area (Å²) >= 11 is 0. The molecule has 0 radical (unpaired) electrons. The third kappa shape index (κ3) is 6.32. The standard InChI is InChI=1S/C21H24F2N2O2/c22-16-5-3-15(4-6-16)20(21(26)25-18-9-10-18)24-13-1-2-14-27-19-11-7-17(23)8-12-19/h3-8,11-12,18,20,24H,1-2,9-10,13-14H2,(H,25,26)/t20-/m0/s1. The van der Waals surface area contributed by atoms with E-state index in [0.717, 1.165) is 31.2 Å². The van der Waals surface area contributed by atoms with Crippen LogP contribution < -0.4 is 15.4 Å². The summed E-state index contributed by atoms with van der Waals surface area (Å²) in [6.07, 6.45) is 3.64. The zero-order chi connectivity index (χ0) is 19.1. The zero-order valence-electron chi connectivity index (χ0n) is 15.1. The smallest absolute Gasteiger partial charge is 0.241 e. The van der Waals surface area contributed by atoms with Crippen molar-refractivity contribution in [1.82, 2.24) is 10.6 Å². The van der Waals surface area contributed by atoms with Crippen LogP contribution in [0, 0.1) is 11.6 Å². The average molecular weight is 374 g/mol. The van der Waals surface area contributed by atoms with Gasteiger partial charge in [-0.05, 0) is 74.2 Å². The Bertz CT molecular complexity index is 731. The van der Waals surface area contributed by atoms with Crippen molar-refractivity contribution in [2.45, 2.75) is 37.8 Å². The van der Waals surface area contributed by atoms with E-state index >= 15 is 0 Å². The van der Waals surface area contributed by atoms with Crippen LogP contribution in [0.1, 0.15) is 37.3 Å². The summed E-state index contributed by atoms with van der Waals surface area (Å²) in [5, 5.41) is 6.25. The topological polar surface area (TPSA) is 50.4 Å². The first kappa shape index (κ1) is 19.3. The predicted octanol–water partition coefficient (Wildman–Crippen LogP) is 3.73. The predicted molar refractivity (Wildman–Crippen MR) is 99.4 cm³/mol. The van der Waals surface area contributed by atoms with Crippen LogP contribution in [-0.4, -0.2) is 25.1 Å². The van der Waals surface area contributed by atoms with Crippen molar-refractivity contribution < 1.29 is 18.3 Å². The van der Waals surface area contributed by atoms with Crippen molar-refractivity contribution in [2.24, 2.45) is 0 Å². The van der Waals surface area contributed by atoms with Crippen molar-refractivity contribution in [3.63, 3.8) is 0 Å². The summed E-state index contributed by atoms with van der Waals surface area (Å²) < 4.78 is 31.6. The lowest BCUT2D eigenvalue weighted by atomic mass is 10.1. The van der Waals surface area contributed by atoms with Gasteiger partial charge in [-0.3, -0.25) is 4.79 Å². The van der Waals surface area contributed by atoms with Gasteiger partial charge in [0.15, 0.2) is 0 Å². The summed E-state index contributed by atoms with van der Waals surface area (Å²) in [5.41, 5.74) is 0.747. The zero-order valence-corrected chi connectivity index (χ0v) is 15.1. The molecule has 2 aromatic carbocycles. The van der Waals surface area contributed by atoms with Gasteiger partial charge in [0, 0.05) is 6.04 Å². The summed E-state index contributed by atoms with van der Waals surface area (Å²) in [6, 6.07) is 11.7. The van der Waals surface area contributed by atoms with E-state index in [2.05, 4.69) is 10.6 Å². The second-order valence-electron chi connectivity index (χ2n) is 6.73. The first-order valence-corrected chi connectivity index (χ1v) is 9.29. The van der Waals surface area contributed by atoms with Crippen molar-refractivity contribution >= 4 is 5.91 Å². The SMILES string of the molecule is O=C(NC1CC1)[C@@H](NCCCCOc1ccc(F)cc1)c1ccc(F)cc1. The highest BCUT2D eigenvalue weighted by molar-refractivity contribution is 5.83. The van der Waals surface area contributed by atoms with E-state index in [1.54, 1.807) is 24.3 Å². The molecular formula is C21H24F2N2O2. The molecule has 1 fully saturated rings. The van der Waals surface area contributed by atoms with Crippen molar-refractivity contribution in [3.8, 4) is 5.75 Å². The lowest BCUT2D eigenvalue weighted by molar-refractivity contribution is -0.123.